The predicted molar refractivity (Wildman–Crippen MR) is 55.5 cm³/mol. The van der Waals surface area contributed by atoms with Gasteiger partial charge in [-0.25, -0.2) is 4.68 Å². The normalized spacial score (nSPS) is 13.1. The molecule has 0 aliphatic heterocycles. The maximum atomic E-state index is 4.06. The fraction of sp³-hybridized carbons (Fsp3) is 0.375. The highest BCUT2D eigenvalue weighted by Crippen LogP contribution is 2.19. The second-order valence-corrected chi connectivity index (χ2v) is 4.45. The van der Waals surface area contributed by atoms with Crippen molar-refractivity contribution in [1.29, 1.82) is 0 Å². The number of halogens is 1. The Morgan fingerprint density at radius 1 is 1.43 bits per heavy atom. The molecule has 0 N–H and O–H groups in total. The number of aryl methyl sites for hydroxylation is 1. The van der Waals surface area contributed by atoms with E-state index >= 15 is 0 Å². The lowest BCUT2D eigenvalue weighted by Crippen LogP contribution is -1.92. The van der Waals surface area contributed by atoms with E-state index in [0.717, 1.165) is 11.4 Å². The van der Waals surface area contributed by atoms with Crippen molar-refractivity contribution < 1.29 is 0 Å². The van der Waals surface area contributed by atoms with Crippen LogP contribution in [-0.4, -0.2) is 24.8 Å². The topological polar surface area (TPSA) is 48.5 Å². The highest BCUT2D eigenvalue weighted by molar-refractivity contribution is 9.09. The van der Waals surface area contributed by atoms with Crippen LogP contribution in [0.3, 0.4) is 0 Å². The number of hydrogen-bond acceptors (Lipinski definition) is 3. The monoisotopic (exact) mass is 255 g/mol. The first-order valence-electron chi connectivity index (χ1n) is 4.22. The zero-order valence-electron chi connectivity index (χ0n) is 7.92. The maximum absolute atomic E-state index is 4.06. The molecule has 0 saturated carbocycles. The summed E-state index contributed by atoms with van der Waals surface area (Å²) in [5.41, 5.74) is 1.83. The van der Waals surface area contributed by atoms with Gasteiger partial charge in [0.1, 0.15) is 5.69 Å². The third-order valence-electron chi connectivity index (χ3n) is 1.87. The van der Waals surface area contributed by atoms with Gasteiger partial charge < -0.3 is 0 Å². The smallest absolute Gasteiger partial charge is 0.104 e. The van der Waals surface area contributed by atoms with E-state index in [9.17, 15) is 0 Å². The minimum Gasteiger partial charge on any atom is -0.274 e. The van der Waals surface area contributed by atoms with Gasteiger partial charge in [0.05, 0.1) is 29.1 Å². The first-order valence-corrected chi connectivity index (χ1v) is 5.13. The minimum absolute atomic E-state index is 0.216. The number of hydrogen-bond donors (Lipinski definition) is 0. The Hall–Kier alpha value is -1.17. The number of aromatic nitrogens is 5. The van der Waals surface area contributed by atoms with Crippen molar-refractivity contribution in [1.82, 2.24) is 24.8 Å². The Morgan fingerprint density at radius 3 is 2.71 bits per heavy atom. The fourth-order valence-corrected chi connectivity index (χ4v) is 1.32. The van der Waals surface area contributed by atoms with E-state index < -0.39 is 0 Å². The predicted octanol–water partition coefficient (Wildman–Crippen LogP) is 1.46. The van der Waals surface area contributed by atoms with Gasteiger partial charge in [0, 0.05) is 7.05 Å². The lowest BCUT2D eigenvalue weighted by molar-refractivity contribution is 0.763. The third-order valence-corrected chi connectivity index (χ3v) is 2.34. The lowest BCUT2D eigenvalue weighted by Gasteiger charge is -1.93. The van der Waals surface area contributed by atoms with Gasteiger partial charge in [-0.1, -0.05) is 21.1 Å². The lowest BCUT2D eigenvalue weighted by atomic mass is 10.4. The van der Waals surface area contributed by atoms with E-state index in [4.69, 9.17) is 0 Å². The molecule has 6 heteroatoms. The molecule has 2 aromatic heterocycles. The van der Waals surface area contributed by atoms with E-state index in [1.54, 1.807) is 15.6 Å². The zero-order chi connectivity index (χ0) is 10.1. The molecule has 2 rings (SSSR count). The van der Waals surface area contributed by atoms with Crippen molar-refractivity contribution in [3.63, 3.8) is 0 Å². The molecule has 5 nitrogen and oxygen atoms in total. The van der Waals surface area contributed by atoms with Crippen LogP contribution < -0.4 is 0 Å². The minimum atomic E-state index is 0.216. The summed E-state index contributed by atoms with van der Waals surface area (Å²) in [5, 5.41) is 12.1. The van der Waals surface area contributed by atoms with Crippen molar-refractivity contribution in [3.8, 4) is 5.69 Å². The Bertz CT molecular complexity index is 430. The average Bonchev–Trinajstić information content (AvgIpc) is 2.70. The average molecular weight is 256 g/mol. The van der Waals surface area contributed by atoms with Gasteiger partial charge in [-0.05, 0) is 6.92 Å². The molecule has 2 heterocycles. The van der Waals surface area contributed by atoms with Crippen molar-refractivity contribution >= 4 is 15.9 Å². The molecule has 0 spiro atoms. The van der Waals surface area contributed by atoms with Crippen molar-refractivity contribution in [2.45, 2.75) is 11.8 Å². The molecular weight excluding hydrogens is 246 g/mol. The van der Waals surface area contributed by atoms with E-state index in [1.165, 1.54) is 0 Å². The fourth-order valence-electron chi connectivity index (χ4n) is 1.11. The third kappa shape index (κ3) is 1.70. The van der Waals surface area contributed by atoms with Gasteiger partial charge in [0.15, 0.2) is 0 Å². The summed E-state index contributed by atoms with van der Waals surface area (Å²) in [4.78, 5) is 0.216. The van der Waals surface area contributed by atoms with E-state index in [2.05, 4.69) is 31.3 Å². The molecule has 0 fully saturated rings. The highest BCUT2D eigenvalue weighted by Gasteiger charge is 2.07. The summed E-state index contributed by atoms with van der Waals surface area (Å²) in [6, 6.07) is 0. The number of nitrogens with zero attached hydrogens (tertiary/aromatic N) is 5. The molecular formula is C8H10BrN5. The Balaban J connectivity index is 2.33. The number of rotatable bonds is 2. The molecule has 0 radical (unpaired) electrons. The number of alkyl halides is 1. The molecule has 0 saturated heterocycles. The standard InChI is InChI=1S/C8H10BrN5/c1-6(9)8-5-14(12-11-8)7-3-10-13(2)4-7/h3-6H,1-2H3. The van der Waals surface area contributed by atoms with Gasteiger partial charge in [-0.15, -0.1) is 5.10 Å². The van der Waals surface area contributed by atoms with Gasteiger partial charge in [0.25, 0.3) is 0 Å². The summed E-state index contributed by atoms with van der Waals surface area (Å²) < 4.78 is 3.44. The maximum Gasteiger partial charge on any atom is 0.104 e. The molecule has 0 amide bonds. The molecule has 0 bridgehead atoms. The van der Waals surface area contributed by atoms with Gasteiger partial charge in [-0.3, -0.25) is 4.68 Å². The summed E-state index contributed by atoms with van der Waals surface area (Å²) in [6.45, 7) is 2.01. The van der Waals surface area contributed by atoms with Crippen LogP contribution in [0.4, 0.5) is 0 Å². The Morgan fingerprint density at radius 2 is 2.21 bits per heavy atom. The second-order valence-electron chi connectivity index (χ2n) is 3.08. The quantitative estimate of drug-likeness (QED) is 0.764. The molecule has 0 aromatic carbocycles. The van der Waals surface area contributed by atoms with Crippen LogP contribution in [0.5, 0.6) is 0 Å². The van der Waals surface area contributed by atoms with Crippen LogP contribution in [0.1, 0.15) is 17.4 Å². The van der Waals surface area contributed by atoms with Crippen molar-refractivity contribution in [2.75, 3.05) is 0 Å². The SMILES string of the molecule is CC(Br)c1cn(-c2cnn(C)c2)nn1. The molecule has 14 heavy (non-hydrogen) atoms. The molecule has 2 aromatic rings. The highest BCUT2D eigenvalue weighted by atomic mass is 79.9. The summed E-state index contributed by atoms with van der Waals surface area (Å²) in [5.74, 6) is 0. The first kappa shape index (κ1) is 9.39. The summed E-state index contributed by atoms with van der Waals surface area (Å²) >= 11 is 3.44. The first-order chi connectivity index (χ1) is 6.66. The molecule has 0 aliphatic carbocycles. The van der Waals surface area contributed by atoms with E-state index in [0.29, 0.717) is 0 Å². The summed E-state index contributed by atoms with van der Waals surface area (Å²) in [7, 11) is 1.87. The van der Waals surface area contributed by atoms with Gasteiger partial charge in [-0.2, -0.15) is 5.10 Å². The molecule has 74 valence electrons. The van der Waals surface area contributed by atoms with Crippen LogP contribution in [0.25, 0.3) is 5.69 Å². The Kier molecular flexibility index (Phi) is 2.37. The van der Waals surface area contributed by atoms with Crippen LogP contribution >= 0.6 is 15.9 Å². The van der Waals surface area contributed by atoms with Gasteiger partial charge >= 0.3 is 0 Å². The van der Waals surface area contributed by atoms with E-state index in [-0.39, 0.29) is 4.83 Å². The Labute approximate surface area is 89.9 Å². The second kappa shape index (κ2) is 3.53. The van der Waals surface area contributed by atoms with Crippen LogP contribution in [-0.2, 0) is 7.05 Å². The molecule has 0 aliphatic rings. The van der Waals surface area contributed by atoms with Crippen LogP contribution in [0, 0.1) is 0 Å². The van der Waals surface area contributed by atoms with Crippen molar-refractivity contribution in [2.24, 2.45) is 7.05 Å². The van der Waals surface area contributed by atoms with Gasteiger partial charge in [0.2, 0.25) is 0 Å². The summed E-state index contributed by atoms with van der Waals surface area (Å²) in [6.07, 6.45) is 5.52. The largest absolute Gasteiger partial charge is 0.274 e. The van der Waals surface area contributed by atoms with Crippen LogP contribution in [0.15, 0.2) is 18.6 Å². The van der Waals surface area contributed by atoms with E-state index in [1.807, 2.05) is 26.4 Å². The van der Waals surface area contributed by atoms with Crippen LogP contribution in [0.2, 0.25) is 0 Å². The van der Waals surface area contributed by atoms with Crippen molar-refractivity contribution in [3.05, 3.63) is 24.3 Å². The molecule has 1 unspecified atom stereocenters. The molecule has 1 atom stereocenters. The zero-order valence-corrected chi connectivity index (χ0v) is 9.51.